The van der Waals surface area contributed by atoms with E-state index in [1.54, 1.807) is 0 Å². The third-order valence-electron chi connectivity index (χ3n) is 3.06. The topological polar surface area (TPSA) is 38.3 Å². The maximum atomic E-state index is 12.6. The van der Waals surface area contributed by atoms with Crippen LogP contribution in [0.25, 0.3) is 0 Å². The van der Waals surface area contributed by atoms with E-state index >= 15 is 0 Å². The van der Waals surface area contributed by atoms with Crippen LogP contribution in [0.1, 0.15) is 11.1 Å². The summed E-state index contributed by atoms with van der Waals surface area (Å²) in [6.07, 6.45) is -4.15. The van der Waals surface area contributed by atoms with Crippen LogP contribution in [-0.2, 0) is 17.4 Å². The van der Waals surface area contributed by atoms with Crippen molar-refractivity contribution in [3.8, 4) is 5.75 Å². The molecule has 0 unspecified atom stereocenters. The van der Waals surface area contributed by atoms with Crippen molar-refractivity contribution in [3.63, 3.8) is 0 Å². The summed E-state index contributed by atoms with van der Waals surface area (Å²) in [6, 6.07) is 13.9. The van der Waals surface area contributed by atoms with Crippen molar-refractivity contribution in [2.24, 2.45) is 0 Å². The van der Waals surface area contributed by atoms with Crippen molar-refractivity contribution >= 4 is 5.91 Å². The van der Waals surface area contributed by atoms with E-state index in [1.807, 2.05) is 30.3 Å². The lowest BCUT2D eigenvalue weighted by Gasteiger charge is -2.10. The van der Waals surface area contributed by atoms with E-state index in [2.05, 4.69) is 5.32 Å². The van der Waals surface area contributed by atoms with Crippen molar-refractivity contribution in [2.45, 2.75) is 12.6 Å². The first-order valence-electron chi connectivity index (χ1n) is 7.06. The van der Waals surface area contributed by atoms with Gasteiger partial charge in [0.1, 0.15) is 12.4 Å². The molecule has 23 heavy (non-hydrogen) atoms. The van der Waals surface area contributed by atoms with Crippen molar-refractivity contribution < 1.29 is 22.7 Å². The number of nitrogens with one attached hydrogen (secondary N) is 1. The van der Waals surface area contributed by atoms with Gasteiger partial charge in [0.05, 0.1) is 18.5 Å². The number of rotatable bonds is 6. The lowest BCUT2D eigenvalue weighted by atomic mass is 10.1. The summed E-state index contributed by atoms with van der Waals surface area (Å²) < 4.78 is 42.9. The van der Waals surface area contributed by atoms with Gasteiger partial charge in [-0.25, -0.2) is 0 Å². The summed E-state index contributed by atoms with van der Waals surface area (Å²) in [5.74, 6) is -0.0408. The van der Waals surface area contributed by atoms with Crippen LogP contribution in [0.4, 0.5) is 13.2 Å². The molecule has 6 heteroatoms. The molecule has 1 amide bonds. The Labute approximate surface area is 132 Å². The Morgan fingerprint density at radius 1 is 1.04 bits per heavy atom. The molecule has 1 N–H and O–H groups in total. The van der Waals surface area contributed by atoms with E-state index < -0.39 is 11.7 Å². The molecule has 0 aliphatic carbocycles. The molecule has 0 atom stereocenters. The Kier molecular flexibility index (Phi) is 5.62. The van der Waals surface area contributed by atoms with Gasteiger partial charge in [0, 0.05) is 0 Å². The van der Waals surface area contributed by atoms with E-state index in [0.717, 1.165) is 17.7 Å². The average Bonchev–Trinajstić information content (AvgIpc) is 2.52. The molecule has 0 spiro atoms. The quantitative estimate of drug-likeness (QED) is 0.827. The maximum absolute atomic E-state index is 12.6. The number of ether oxygens (including phenoxy) is 1. The zero-order valence-corrected chi connectivity index (χ0v) is 12.3. The number of hydrogen-bond acceptors (Lipinski definition) is 2. The Bertz CT molecular complexity index is 642. The third-order valence-corrected chi connectivity index (χ3v) is 3.06. The van der Waals surface area contributed by atoms with E-state index in [-0.39, 0.29) is 31.2 Å². The Morgan fingerprint density at radius 2 is 1.78 bits per heavy atom. The van der Waals surface area contributed by atoms with Crippen LogP contribution >= 0.6 is 0 Å². The summed E-state index contributed by atoms with van der Waals surface area (Å²) in [7, 11) is 0. The number of benzene rings is 2. The number of hydrogen-bond donors (Lipinski definition) is 1. The van der Waals surface area contributed by atoms with E-state index in [4.69, 9.17) is 4.74 Å². The Hall–Kier alpha value is -2.50. The van der Waals surface area contributed by atoms with E-state index in [0.29, 0.717) is 0 Å². The molecule has 0 saturated heterocycles. The molecule has 0 fully saturated rings. The Morgan fingerprint density at radius 3 is 2.48 bits per heavy atom. The fourth-order valence-electron chi connectivity index (χ4n) is 1.97. The molecule has 0 radical (unpaired) electrons. The second kappa shape index (κ2) is 7.67. The largest absolute Gasteiger partial charge is 0.492 e. The number of carbonyl (C=O) groups excluding carboxylic acids is 1. The van der Waals surface area contributed by atoms with Crippen LogP contribution in [0.15, 0.2) is 54.6 Å². The minimum atomic E-state index is -4.40. The number of amides is 1. The summed E-state index contributed by atoms with van der Waals surface area (Å²) in [5.41, 5.74) is 0.131. The lowest BCUT2D eigenvalue weighted by Crippen LogP contribution is -2.29. The Balaban J connectivity index is 1.74. The van der Waals surface area contributed by atoms with Crippen LogP contribution in [0.3, 0.4) is 0 Å². The molecule has 0 aromatic heterocycles. The van der Waals surface area contributed by atoms with E-state index in [9.17, 15) is 18.0 Å². The van der Waals surface area contributed by atoms with Gasteiger partial charge in [-0.1, -0.05) is 36.4 Å². The first-order chi connectivity index (χ1) is 10.9. The van der Waals surface area contributed by atoms with Crippen molar-refractivity contribution in [2.75, 3.05) is 13.2 Å². The highest BCUT2D eigenvalue weighted by Crippen LogP contribution is 2.31. The second-order valence-electron chi connectivity index (χ2n) is 4.89. The average molecular weight is 323 g/mol. The van der Waals surface area contributed by atoms with E-state index in [1.165, 1.54) is 12.1 Å². The predicted molar refractivity (Wildman–Crippen MR) is 80.1 cm³/mol. The molecule has 122 valence electrons. The molecular weight excluding hydrogens is 307 g/mol. The summed E-state index contributed by atoms with van der Waals surface area (Å²) in [5, 5.41) is 2.66. The van der Waals surface area contributed by atoms with Gasteiger partial charge in [0.15, 0.2) is 0 Å². The highest BCUT2D eigenvalue weighted by atomic mass is 19.4. The van der Waals surface area contributed by atoms with Crippen LogP contribution in [0.2, 0.25) is 0 Å². The predicted octanol–water partition coefficient (Wildman–Crippen LogP) is 3.44. The number of halogens is 3. The minimum absolute atomic E-state index is 0.0990. The van der Waals surface area contributed by atoms with Gasteiger partial charge in [0.25, 0.3) is 0 Å². The van der Waals surface area contributed by atoms with Crippen molar-refractivity contribution in [1.29, 1.82) is 0 Å². The molecule has 3 nitrogen and oxygen atoms in total. The molecule has 0 heterocycles. The lowest BCUT2D eigenvalue weighted by molar-refractivity contribution is -0.137. The molecule has 2 rings (SSSR count). The zero-order chi connectivity index (χ0) is 16.7. The van der Waals surface area contributed by atoms with Gasteiger partial charge < -0.3 is 10.1 Å². The molecule has 2 aromatic rings. The first-order valence-corrected chi connectivity index (χ1v) is 7.06. The van der Waals surface area contributed by atoms with Gasteiger partial charge in [-0.3, -0.25) is 4.79 Å². The zero-order valence-electron chi connectivity index (χ0n) is 12.3. The first kappa shape index (κ1) is 16.9. The normalized spacial score (nSPS) is 11.1. The van der Waals surface area contributed by atoms with Gasteiger partial charge in [-0.05, 0) is 23.8 Å². The minimum Gasteiger partial charge on any atom is -0.492 e. The molecular formula is C17H16F3NO2. The molecule has 0 saturated carbocycles. The highest BCUT2D eigenvalue weighted by Gasteiger charge is 2.30. The molecule has 0 bridgehead atoms. The molecule has 2 aromatic carbocycles. The van der Waals surface area contributed by atoms with Crippen molar-refractivity contribution in [3.05, 3.63) is 65.7 Å². The SMILES string of the molecule is O=C(Cc1ccccc1)NCCOc1cccc(C(F)(F)F)c1. The summed E-state index contributed by atoms with van der Waals surface area (Å²) in [6.45, 7) is 0.323. The standard InChI is InChI=1S/C17H16F3NO2/c18-17(19,20)14-7-4-8-15(12-14)23-10-9-21-16(22)11-13-5-2-1-3-6-13/h1-8,12H,9-11H2,(H,21,22). The second-order valence-corrected chi connectivity index (χ2v) is 4.89. The monoisotopic (exact) mass is 323 g/mol. The number of alkyl halides is 3. The van der Waals surface area contributed by atoms with Gasteiger partial charge in [0.2, 0.25) is 5.91 Å². The van der Waals surface area contributed by atoms with Gasteiger partial charge >= 0.3 is 6.18 Å². The fourth-order valence-corrected chi connectivity index (χ4v) is 1.97. The summed E-state index contributed by atoms with van der Waals surface area (Å²) >= 11 is 0. The fraction of sp³-hybridized carbons (Fsp3) is 0.235. The van der Waals surface area contributed by atoms with Crippen LogP contribution in [0.5, 0.6) is 5.75 Å². The number of carbonyl (C=O) groups is 1. The highest BCUT2D eigenvalue weighted by molar-refractivity contribution is 5.78. The smallest absolute Gasteiger partial charge is 0.416 e. The maximum Gasteiger partial charge on any atom is 0.416 e. The summed E-state index contributed by atoms with van der Waals surface area (Å²) in [4.78, 5) is 11.7. The van der Waals surface area contributed by atoms with Crippen LogP contribution in [-0.4, -0.2) is 19.1 Å². The molecule has 0 aliphatic heterocycles. The van der Waals surface area contributed by atoms with Crippen LogP contribution in [0, 0.1) is 0 Å². The molecule has 0 aliphatic rings. The van der Waals surface area contributed by atoms with Gasteiger partial charge in [-0.15, -0.1) is 0 Å². The van der Waals surface area contributed by atoms with Crippen molar-refractivity contribution in [1.82, 2.24) is 5.32 Å². The van der Waals surface area contributed by atoms with Crippen LogP contribution < -0.4 is 10.1 Å². The van der Waals surface area contributed by atoms with Gasteiger partial charge in [-0.2, -0.15) is 13.2 Å². The third kappa shape index (κ3) is 5.65.